The maximum Gasteiger partial charge on any atom is 0.244 e. The van der Waals surface area contributed by atoms with Crippen molar-refractivity contribution in [2.45, 2.75) is 51.5 Å². The van der Waals surface area contributed by atoms with Crippen LogP contribution in [0.3, 0.4) is 0 Å². The van der Waals surface area contributed by atoms with E-state index in [0.29, 0.717) is 30.4 Å². The van der Waals surface area contributed by atoms with E-state index in [1.807, 2.05) is 19.2 Å². The summed E-state index contributed by atoms with van der Waals surface area (Å²) in [5, 5.41) is 5.19. The first kappa shape index (κ1) is 16.9. The van der Waals surface area contributed by atoms with Crippen molar-refractivity contribution in [2.24, 2.45) is 5.92 Å². The SMILES string of the molecule is CCCC1CCN(S(=O)(=O)c2c(C)csc2CNCC)C1. The van der Waals surface area contributed by atoms with Crippen LogP contribution in [0.5, 0.6) is 0 Å². The predicted molar refractivity (Wildman–Crippen MR) is 88.2 cm³/mol. The number of hydrogen-bond acceptors (Lipinski definition) is 4. The van der Waals surface area contributed by atoms with E-state index in [0.717, 1.165) is 36.2 Å². The molecular formula is C15H26N2O2S2. The zero-order valence-corrected chi connectivity index (χ0v) is 14.8. The van der Waals surface area contributed by atoms with Crippen molar-refractivity contribution < 1.29 is 8.42 Å². The number of sulfonamides is 1. The highest BCUT2D eigenvalue weighted by molar-refractivity contribution is 7.89. The largest absolute Gasteiger partial charge is 0.312 e. The van der Waals surface area contributed by atoms with Gasteiger partial charge in [0.25, 0.3) is 0 Å². The van der Waals surface area contributed by atoms with Crippen molar-refractivity contribution in [3.63, 3.8) is 0 Å². The summed E-state index contributed by atoms with van der Waals surface area (Å²) >= 11 is 1.54. The van der Waals surface area contributed by atoms with Gasteiger partial charge < -0.3 is 5.32 Å². The fourth-order valence-corrected chi connectivity index (χ4v) is 6.24. The van der Waals surface area contributed by atoms with Gasteiger partial charge in [0.1, 0.15) is 4.90 Å². The fourth-order valence-electron chi connectivity index (χ4n) is 2.98. The molecule has 1 fully saturated rings. The molecule has 0 saturated carbocycles. The average Bonchev–Trinajstić information content (AvgIpc) is 3.04. The second kappa shape index (κ2) is 7.22. The van der Waals surface area contributed by atoms with Gasteiger partial charge in [-0.15, -0.1) is 11.3 Å². The van der Waals surface area contributed by atoms with Gasteiger partial charge in [-0.1, -0.05) is 20.3 Å². The zero-order valence-electron chi connectivity index (χ0n) is 13.2. The van der Waals surface area contributed by atoms with Crippen LogP contribution in [-0.2, 0) is 16.6 Å². The van der Waals surface area contributed by atoms with Crippen LogP contribution in [-0.4, -0.2) is 32.4 Å². The van der Waals surface area contributed by atoms with E-state index in [1.165, 1.54) is 0 Å². The van der Waals surface area contributed by atoms with Crippen molar-refractivity contribution in [1.29, 1.82) is 0 Å². The molecule has 0 radical (unpaired) electrons. The molecule has 1 saturated heterocycles. The minimum Gasteiger partial charge on any atom is -0.312 e. The van der Waals surface area contributed by atoms with E-state index in [2.05, 4.69) is 12.2 Å². The van der Waals surface area contributed by atoms with Crippen LogP contribution in [0.1, 0.15) is 43.6 Å². The van der Waals surface area contributed by atoms with E-state index in [-0.39, 0.29) is 0 Å². The van der Waals surface area contributed by atoms with Gasteiger partial charge in [0, 0.05) is 24.5 Å². The Balaban J connectivity index is 2.22. The standard InChI is InChI=1S/C15H26N2O2S2/c1-4-6-13-7-8-17(10-13)21(18,19)15-12(3)11-20-14(15)9-16-5-2/h11,13,16H,4-10H2,1-3H3. The summed E-state index contributed by atoms with van der Waals surface area (Å²) in [7, 11) is -3.33. The molecule has 1 aromatic heterocycles. The van der Waals surface area contributed by atoms with Crippen LogP contribution < -0.4 is 5.32 Å². The predicted octanol–water partition coefficient (Wildman–Crippen LogP) is 2.98. The molecule has 1 aromatic rings. The summed E-state index contributed by atoms with van der Waals surface area (Å²) in [6, 6.07) is 0. The van der Waals surface area contributed by atoms with Gasteiger partial charge in [-0.25, -0.2) is 8.42 Å². The van der Waals surface area contributed by atoms with Crippen molar-refractivity contribution in [3.05, 3.63) is 15.8 Å². The fraction of sp³-hybridized carbons (Fsp3) is 0.733. The van der Waals surface area contributed by atoms with Crippen LogP contribution in [0.25, 0.3) is 0 Å². The van der Waals surface area contributed by atoms with E-state index in [1.54, 1.807) is 15.6 Å². The molecule has 0 amide bonds. The molecule has 2 rings (SSSR count). The number of nitrogens with zero attached hydrogens (tertiary/aromatic N) is 1. The average molecular weight is 331 g/mol. The smallest absolute Gasteiger partial charge is 0.244 e. The Hall–Kier alpha value is -0.430. The first-order chi connectivity index (χ1) is 10.0. The summed E-state index contributed by atoms with van der Waals surface area (Å²) in [4.78, 5) is 1.49. The number of nitrogens with one attached hydrogen (secondary N) is 1. The Bertz CT molecular complexity index is 566. The van der Waals surface area contributed by atoms with Crippen LogP contribution in [0.15, 0.2) is 10.3 Å². The Morgan fingerprint density at radius 2 is 2.19 bits per heavy atom. The van der Waals surface area contributed by atoms with Gasteiger partial charge in [0.05, 0.1) is 0 Å². The van der Waals surface area contributed by atoms with Crippen molar-refractivity contribution >= 4 is 21.4 Å². The van der Waals surface area contributed by atoms with Crippen LogP contribution in [0.2, 0.25) is 0 Å². The molecule has 1 unspecified atom stereocenters. The highest BCUT2D eigenvalue weighted by atomic mass is 32.2. The lowest BCUT2D eigenvalue weighted by Crippen LogP contribution is -2.30. The summed E-state index contributed by atoms with van der Waals surface area (Å²) in [5.74, 6) is 0.529. The molecule has 2 heterocycles. The first-order valence-corrected chi connectivity index (χ1v) is 10.1. The van der Waals surface area contributed by atoms with Crippen molar-refractivity contribution in [1.82, 2.24) is 9.62 Å². The molecule has 1 aliphatic heterocycles. The Morgan fingerprint density at radius 3 is 2.86 bits per heavy atom. The summed E-state index contributed by atoms with van der Waals surface area (Å²) in [5.41, 5.74) is 0.881. The van der Waals surface area contributed by atoms with Gasteiger partial charge in [-0.3, -0.25) is 0 Å². The maximum atomic E-state index is 13.0. The van der Waals surface area contributed by atoms with E-state index in [9.17, 15) is 8.42 Å². The van der Waals surface area contributed by atoms with Gasteiger partial charge >= 0.3 is 0 Å². The topological polar surface area (TPSA) is 49.4 Å². The third-order valence-corrected chi connectivity index (χ3v) is 7.40. The molecular weight excluding hydrogens is 304 g/mol. The summed E-state index contributed by atoms with van der Waals surface area (Å²) in [6.45, 7) is 8.93. The highest BCUT2D eigenvalue weighted by Crippen LogP contribution is 2.33. The maximum absolute atomic E-state index is 13.0. The Kier molecular flexibility index (Phi) is 5.82. The summed E-state index contributed by atoms with van der Waals surface area (Å²) < 4.78 is 27.6. The second-order valence-electron chi connectivity index (χ2n) is 5.76. The zero-order chi connectivity index (χ0) is 15.5. The second-order valence-corrected chi connectivity index (χ2v) is 8.60. The summed E-state index contributed by atoms with van der Waals surface area (Å²) in [6.07, 6.45) is 3.25. The van der Waals surface area contributed by atoms with Gasteiger partial charge in [0.15, 0.2) is 0 Å². The highest BCUT2D eigenvalue weighted by Gasteiger charge is 2.34. The van der Waals surface area contributed by atoms with Crippen molar-refractivity contribution in [3.8, 4) is 0 Å². The lowest BCUT2D eigenvalue weighted by molar-refractivity contribution is 0.444. The lowest BCUT2D eigenvalue weighted by Gasteiger charge is -2.18. The van der Waals surface area contributed by atoms with Crippen LogP contribution in [0.4, 0.5) is 0 Å². The van der Waals surface area contributed by atoms with Crippen LogP contribution in [0, 0.1) is 12.8 Å². The quantitative estimate of drug-likeness (QED) is 0.836. The normalized spacial score (nSPS) is 20.2. The molecule has 21 heavy (non-hydrogen) atoms. The molecule has 0 spiro atoms. The molecule has 0 bridgehead atoms. The van der Waals surface area contributed by atoms with E-state index < -0.39 is 10.0 Å². The Morgan fingerprint density at radius 1 is 1.43 bits per heavy atom. The molecule has 1 aliphatic rings. The number of hydrogen-bond donors (Lipinski definition) is 1. The van der Waals surface area contributed by atoms with Gasteiger partial charge in [0.2, 0.25) is 10.0 Å². The molecule has 6 heteroatoms. The van der Waals surface area contributed by atoms with Gasteiger partial charge in [-0.05, 0) is 43.2 Å². The van der Waals surface area contributed by atoms with E-state index >= 15 is 0 Å². The first-order valence-electron chi connectivity index (χ1n) is 7.78. The van der Waals surface area contributed by atoms with Gasteiger partial charge in [-0.2, -0.15) is 4.31 Å². The minimum atomic E-state index is -3.33. The third kappa shape index (κ3) is 3.67. The molecule has 4 nitrogen and oxygen atoms in total. The third-order valence-electron chi connectivity index (χ3n) is 4.07. The number of aryl methyl sites for hydroxylation is 1. The lowest BCUT2D eigenvalue weighted by atomic mass is 10.0. The molecule has 0 aliphatic carbocycles. The van der Waals surface area contributed by atoms with E-state index in [4.69, 9.17) is 0 Å². The molecule has 1 N–H and O–H groups in total. The molecule has 120 valence electrons. The monoisotopic (exact) mass is 330 g/mol. The minimum absolute atomic E-state index is 0.529. The molecule has 0 aromatic carbocycles. The number of thiophene rings is 1. The number of rotatable bonds is 7. The molecule has 1 atom stereocenters. The van der Waals surface area contributed by atoms with Crippen molar-refractivity contribution in [2.75, 3.05) is 19.6 Å². The van der Waals surface area contributed by atoms with Crippen LogP contribution >= 0.6 is 11.3 Å². The Labute approximate surface area is 132 Å².